The van der Waals surface area contributed by atoms with Crippen LogP contribution in [0.5, 0.6) is 0 Å². The lowest BCUT2D eigenvalue weighted by atomic mass is 9.99. The lowest BCUT2D eigenvalue weighted by molar-refractivity contribution is 0.185. The third-order valence-electron chi connectivity index (χ3n) is 3.75. The molecule has 19 heavy (non-hydrogen) atoms. The Bertz CT molecular complexity index is 412. The Morgan fingerprint density at radius 2 is 1.74 bits per heavy atom. The van der Waals surface area contributed by atoms with Gasteiger partial charge in [0.1, 0.15) is 0 Å². The van der Waals surface area contributed by atoms with Crippen molar-refractivity contribution >= 4 is 5.96 Å². The Morgan fingerprint density at radius 1 is 1.16 bits per heavy atom. The second-order valence-electron chi connectivity index (χ2n) is 5.52. The van der Waals surface area contributed by atoms with E-state index in [1.807, 2.05) is 0 Å². The van der Waals surface area contributed by atoms with E-state index in [2.05, 4.69) is 41.1 Å². The van der Waals surface area contributed by atoms with Gasteiger partial charge in [0.15, 0.2) is 5.96 Å². The van der Waals surface area contributed by atoms with Crippen LogP contribution in [0.1, 0.15) is 30.9 Å². The Morgan fingerprint density at radius 3 is 2.32 bits per heavy atom. The minimum atomic E-state index is 0.145. The molecule has 2 rings (SSSR count). The molecule has 1 aliphatic heterocycles. The molecule has 0 amide bonds. The molecular weight excluding hydrogens is 236 g/mol. The average Bonchev–Trinajstić information content (AvgIpc) is 2.40. The van der Waals surface area contributed by atoms with Crippen LogP contribution in [0.15, 0.2) is 29.3 Å². The number of rotatable bonds is 4. The van der Waals surface area contributed by atoms with Crippen LogP contribution in [-0.2, 0) is 13.1 Å². The van der Waals surface area contributed by atoms with E-state index in [1.54, 1.807) is 0 Å². The van der Waals surface area contributed by atoms with E-state index in [0.29, 0.717) is 6.54 Å². The molecule has 0 unspecified atom stereocenters. The number of hydrogen-bond donors (Lipinski definition) is 2. The zero-order chi connectivity index (χ0) is 13.7. The van der Waals surface area contributed by atoms with Crippen molar-refractivity contribution < 1.29 is 0 Å². The topological polar surface area (TPSA) is 67.6 Å². The van der Waals surface area contributed by atoms with Gasteiger partial charge < -0.3 is 11.5 Å². The fourth-order valence-electron chi connectivity index (χ4n) is 2.41. The normalized spacial score (nSPS) is 17.3. The van der Waals surface area contributed by atoms with E-state index in [0.717, 1.165) is 18.0 Å². The quantitative estimate of drug-likeness (QED) is 0.639. The first-order valence-electron chi connectivity index (χ1n) is 6.99. The first kappa shape index (κ1) is 13.9. The van der Waals surface area contributed by atoms with Crippen LogP contribution in [0.3, 0.4) is 0 Å². The van der Waals surface area contributed by atoms with Gasteiger partial charge in [-0.1, -0.05) is 31.2 Å². The fourth-order valence-corrected chi connectivity index (χ4v) is 2.41. The largest absolute Gasteiger partial charge is 0.370 e. The number of nitrogens with two attached hydrogens (primary N) is 2. The molecular formula is C15H24N4. The summed E-state index contributed by atoms with van der Waals surface area (Å²) in [5, 5.41) is 0. The van der Waals surface area contributed by atoms with Crippen molar-refractivity contribution in [2.24, 2.45) is 22.4 Å². The highest BCUT2D eigenvalue weighted by Gasteiger charge is 2.15. The van der Waals surface area contributed by atoms with Crippen LogP contribution < -0.4 is 11.5 Å². The summed E-state index contributed by atoms with van der Waals surface area (Å²) in [5.74, 6) is 1.03. The lowest BCUT2D eigenvalue weighted by Gasteiger charge is -2.30. The summed E-state index contributed by atoms with van der Waals surface area (Å²) < 4.78 is 0. The van der Waals surface area contributed by atoms with Gasteiger partial charge >= 0.3 is 0 Å². The summed E-state index contributed by atoms with van der Waals surface area (Å²) >= 11 is 0. The zero-order valence-electron chi connectivity index (χ0n) is 11.7. The van der Waals surface area contributed by atoms with Crippen LogP contribution in [-0.4, -0.2) is 23.9 Å². The molecule has 0 radical (unpaired) electrons. The van der Waals surface area contributed by atoms with Crippen LogP contribution >= 0.6 is 0 Å². The molecule has 0 aromatic heterocycles. The maximum Gasteiger partial charge on any atom is 0.186 e. The summed E-state index contributed by atoms with van der Waals surface area (Å²) in [6.45, 7) is 6.39. The number of nitrogens with zero attached hydrogens (tertiary/aromatic N) is 2. The Hall–Kier alpha value is -1.55. The summed E-state index contributed by atoms with van der Waals surface area (Å²) in [4.78, 5) is 6.54. The number of piperidine rings is 1. The van der Waals surface area contributed by atoms with Gasteiger partial charge in [0.2, 0.25) is 0 Å². The van der Waals surface area contributed by atoms with Crippen LogP contribution in [0.2, 0.25) is 0 Å². The first-order valence-corrected chi connectivity index (χ1v) is 6.99. The predicted molar refractivity (Wildman–Crippen MR) is 79.6 cm³/mol. The van der Waals surface area contributed by atoms with E-state index in [4.69, 9.17) is 11.5 Å². The molecule has 1 heterocycles. The van der Waals surface area contributed by atoms with Gasteiger partial charge in [-0.05, 0) is 43.0 Å². The van der Waals surface area contributed by atoms with Gasteiger partial charge in [0.05, 0.1) is 6.54 Å². The smallest absolute Gasteiger partial charge is 0.186 e. The number of likely N-dealkylation sites (tertiary alicyclic amines) is 1. The van der Waals surface area contributed by atoms with Crippen LogP contribution in [0.4, 0.5) is 0 Å². The standard InChI is InChI=1S/C15H24N4/c1-12-6-8-19(9-7-12)11-14-4-2-13(3-5-14)10-18-15(16)17/h2-5,12H,6-11H2,1H3,(H4,16,17,18). The van der Waals surface area contributed by atoms with Crippen LogP contribution in [0.25, 0.3) is 0 Å². The van der Waals surface area contributed by atoms with E-state index in [9.17, 15) is 0 Å². The summed E-state index contributed by atoms with van der Waals surface area (Å²) in [7, 11) is 0. The van der Waals surface area contributed by atoms with Crippen molar-refractivity contribution in [3.05, 3.63) is 35.4 Å². The summed E-state index contributed by atoms with van der Waals surface area (Å²) in [6.07, 6.45) is 2.64. The average molecular weight is 260 g/mol. The Kier molecular flexibility index (Phi) is 4.80. The highest BCUT2D eigenvalue weighted by atomic mass is 15.1. The van der Waals surface area contributed by atoms with Crippen molar-refractivity contribution in [1.82, 2.24) is 4.90 Å². The zero-order valence-corrected chi connectivity index (χ0v) is 11.7. The molecule has 1 aromatic carbocycles. The number of hydrogen-bond acceptors (Lipinski definition) is 2. The second-order valence-corrected chi connectivity index (χ2v) is 5.52. The number of aliphatic imine (C=N–C) groups is 1. The van der Waals surface area contributed by atoms with Gasteiger partial charge in [-0.3, -0.25) is 4.90 Å². The van der Waals surface area contributed by atoms with Crippen molar-refractivity contribution in [1.29, 1.82) is 0 Å². The minimum Gasteiger partial charge on any atom is -0.370 e. The monoisotopic (exact) mass is 260 g/mol. The number of benzene rings is 1. The fraction of sp³-hybridized carbons (Fsp3) is 0.533. The molecule has 0 saturated carbocycles. The number of guanidine groups is 1. The van der Waals surface area contributed by atoms with Gasteiger partial charge in [0, 0.05) is 6.54 Å². The molecule has 4 nitrogen and oxygen atoms in total. The summed E-state index contributed by atoms with van der Waals surface area (Å²) in [6, 6.07) is 8.56. The summed E-state index contributed by atoms with van der Waals surface area (Å²) in [5.41, 5.74) is 13.2. The molecule has 1 saturated heterocycles. The SMILES string of the molecule is CC1CCN(Cc2ccc(CN=C(N)N)cc2)CC1. The van der Waals surface area contributed by atoms with Crippen molar-refractivity contribution in [2.45, 2.75) is 32.9 Å². The highest BCUT2D eigenvalue weighted by Crippen LogP contribution is 2.18. The molecule has 1 aromatic rings. The lowest BCUT2D eigenvalue weighted by Crippen LogP contribution is -2.32. The van der Waals surface area contributed by atoms with E-state index < -0.39 is 0 Å². The predicted octanol–water partition coefficient (Wildman–Crippen LogP) is 1.69. The van der Waals surface area contributed by atoms with Crippen molar-refractivity contribution in [2.75, 3.05) is 13.1 Å². The third-order valence-corrected chi connectivity index (χ3v) is 3.75. The molecule has 4 N–H and O–H groups in total. The molecule has 4 heteroatoms. The van der Waals surface area contributed by atoms with Gasteiger partial charge in [-0.25, -0.2) is 4.99 Å². The molecule has 0 spiro atoms. The minimum absolute atomic E-state index is 0.145. The van der Waals surface area contributed by atoms with Crippen LogP contribution in [0, 0.1) is 5.92 Å². The Labute approximate surface area is 115 Å². The van der Waals surface area contributed by atoms with Crippen molar-refractivity contribution in [3.8, 4) is 0 Å². The molecule has 104 valence electrons. The van der Waals surface area contributed by atoms with Gasteiger partial charge in [-0.15, -0.1) is 0 Å². The molecule has 1 fully saturated rings. The van der Waals surface area contributed by atoms with E-state index in [1.165, 1.54) is 31.5 Å². The maximum atomic E-state index is 5.33. The maximum absolute atomic E-state index is 5.33. The highest BCUT2D eigenvalue weighted by molar-refractivity contribution is 5.75. The molecule has 0 atom stereocenters. The molecule has 0 aliphatic carbocycles. The van der Waals surface area contributed by atoms with Gasteiger partial charge in [0.25, 0.3) is 0 Å². The molecule has 0 bridgehead atoms. The Balaban J connectivity index is 1.86. The third kappa shape index (κ3) is 4.56. The second kappa shape index (κ2) is 6.57. The molecule has 1 aliphatic rings. The first-order chi connectivity index (χ1) is 9.13. The van der Waals surface area contributed by atoms with Gasteiger partial charge in [-0.2, -0.15) is 0 Å². The van der Waals surface area contributed by atoms with E-state index in [-0.39, 0.29) is 5.96 Å². The van der Waals surface area contributed by atoms with Crippen molar-refractivity contribution in [3.63, 3.8) is 0 Å². The van der Waals surface area contributed by atoms with E-state index >= 15 is 0 Å².